The molecular formula is C21H25N5O4S. The number of nitrogens with zero attached hydrogens (tertiary/aromatic N) is 5. The second-order valence-corrected chi connectivity index (χ2v) is 9.93. The van der Waals surface area contributed by atoms with Gasteiger partial charge in [0.15, 0.2) is 17.0 Å². The monoisotopic (exact) mass is 443 g/mol. The number of hydrogen-bond acceptors (Lipinski definition) is 8. The molecule has 0 amide bonds. The Morgan fingerprint density at radius 1 is 1.13 bits per heavy atom. The number of morpholine rings is 1. The number of ether oxygens (including phenoxy) is 2. The molecule has 2 aliphatic rings. The van der Waals surface area contributed by atoms with Crippen molar-refractivity contribution in [1.82, 2.24) is 19.5 Å². The third-order valence-electron chi connectivity index (χ3n) is 5.68. The van der Waals surface area contributed by atoms with Crippen LogP contribution in [0.5, 0.6) is 5.75 Å². The zero-order valence-corrected chi connectivity index (χ0v) is 18.2. The van der Waals surface area contributed by atoms with Gasteiger partial charge >= 0.3 is 0 Å². The summed E-state index contributed by atoms with van der Waals surface area (Å²) in [5.41, 5.74) is 1.88. The van der Waals surface area contributed by atoms with Crippen molar-refractivity contribution in [1.29, 1.82) is 0 Å². The Morgan fingerprint density at radius 3 is 2.55 bits per heavy atom. The van der Waals surface area contributed by atoms with Gasteiger partial charge in [0.1, 0.15) is 5.75 Å². The summed E-state index contributed by atoms with van der Waals surface area (Å²) >= 11 is 0. The maximum absolute atomic E-state index is 13.3. The molecule has 0 radical (unpaired) electrons. The van der Waals surface area contributed by atoms with Crippen LogP contribution in [-0.4, -0.2) is 61.3 Å². The number of benzene rings is 1. The molecule has 3 aromatic rings. The third-order valence-corrected chi connectivity index (χ3v) is 7.13. The van der Waals surface area contributed by atoms with E-state index in [-0.39, 0.29) is 10.9 Å². The maximum atomic E-state index is 13.3. The Balaban J connectivity index is 1.55. The first kappa shape index (κ1) is 20.2. The van der Waals surface area contributed by atoms with E-state index < -0.39 is 9.84 Å². The van der Waals surface area contributed by atoms with E-state index in [4.69, 9.17) is 9.47 Å². The summed E-state index contributed by atoms with van der Waals surface area (Å²) in [4.78, 5) is 15.6. The van der Waals surface area contributed by atoms with Crippen LogP contribution in [0.25, 0.3) is 11.2 Å². The van der Waals surface area contributed by atoms with Gasteiger partial charge in [-0.05, 0) is 36.5 Å². The highest BCUT2D eigenvalue weighted by molar-refractivity contribution is 7.90. The fourth-order valence-corrected chi connectivity index (χ4v) is 4.97. The van der Waals surface area contributed by atoms with E-state index in [1.807, 2.05) is 9.47 Å². The van der Waals surface area contributed by atoms with E-state index in [0.29, 0.717) is 60.5 Å². The van der Waals surface area contributed by atoms with Crippen molar-refractivity contribution in [3.8, 4) is 5.75 Å². The van der Waals surface area contributed by atoms with E-state index in [1.54, 1.807) is 37.7 Å². The number of sulfone groups is 1. The van der Waals surface area contributed by atoms with Gasteiger partial charge in [0.25, 0.3) is 5.16 Å². The van der Waals surface area contributed by atoms with Gasteiger partial charge in [-0.2, -0.15) is 9.97 Å². The first-order chi connectivity index (χ1) is 15.0. The summed E-state index contributed by atoms with van der Waals surface area (Å²) in [6.45, 7) is 3.22. The van der Waals surface area contributed by atoms with Crippen LogP contribution in [0.2, 0.25) is 0 Å². The third kappa shape index (κ3) is 4.22. The zero-order valence-electron chi connectivity index (χ0n) is 17.4. The normalized spacial score (nSPS) is 17.3. The first-order valence-electron chi connectivity index (χ1n) is 10.4. The summed E-state index contributed by atoms with van der Waals surface area (Å²) in [6, 6.07) is 6.99. The molecule has 0 atom stereocenters. The summed E-state index contributed by atoms with van der Waals surface area (Å²) in [7, 11) is -2.18. The maximum Gasteiger partial charge on any atom is 0.251 e. The van der Waals surface area contributed by atoms with E-state index in [0.717, 1.165) is 6.54 Å². The van der Waals surface area contributed by atoms with E-state index in [1.165, 1.54) is 12.8 Å². The van der Waals surface area contributed by atoms with E-state index in [2.05, 4.69) is 15.0 Å². The molecule has 10 heteroatoms. The van der Waals surface area contributed by atoms with Crippen LogP contribution in [0.3, 0.4) is 0 Å². The lowest BCUT2D eigenvalue weighted by Crippen LogP contribution is -2.37. The second-order valence-electron chi connectivity index (χ2n) is 8.05. The summed E-state index contributed by atoms with van der Waals surface area (Å²) in [5, 5.41) is -0.158. The molecule has 1 saturated heterocycles. The lowest BCUT2D eigenvalue weighted by molar-refractivity contribution is 0.122. The van der Waals surface area contributed by atoms with Gasteiger partial charge < -0.3 is 18.9 Å². The molecule has 1 saturated carbocycles. The van der Waals surface area contributed by atoms with Crippen LogP contribution in [-0.2, 0) is 26.9 Å². The van der Waals surface area contributed by atoms with Gasteiger partial charge in [0, 0.05) is 19.6 Å². The Kier molecular flexibility index (Phi) is 5.27. The molecule has 2 aromatic heterocycles. The van der Waals surface area contributed by atoms with Crippen molar-refractivity contribution < 1.29 is 17.9 Å². The zero-order chi connectivity index (χ0) is 21.4. The van der Waals surface area contributed by atoms with Gasteiger partial charge in [0.05, 0.1) is 32.4 Å². The standard InChI is InChI=1S/C21H25N5O4S/c1-29-17-6-4-16(5-7-17)13-31(27,28)21-23-19(25-8-10-30-11-9-25)18-20(24-21)26(14-22-18)12-15-2-3-15/h4-7,14-15H,2-3,8-13H2,1H3. The summed E-state index contributed by atoms with van der Waals surface area (Å²) in [5.74, 6) is 1.68. The van der Waals surface area contributed by atoms with Crippen molar-refractivity contribution in [2.45, 2.75) is 30.3 Å². The van der Waals surface area contributed by atoms with Crippen LogP contribution in [0.4, 0.5) is 5.82 Å². The molecule has 164 valence electrons. The Labute approximate surface area is 180 Å². The lowest BCUT2D eigenvalue weighted by atomic mass is 10.2. The van der Waals surface area contributed by atoms with Crippen LogP contribution in [0, 0.1) is 5.92 Å². The van der Waals surface area contributed by atoms with Gasteiger partial charge in [0.2, 0.25) is 9.84 Å². The molecule has 1 aliphatic carbocycles. The Hall–Kier alpha value is -2.72. The average Bonchev–Trinajstić information content (AvgIpc) is 3.52. The van der Waals surface area contributed by atoms with Crippen molar-refractivity contribution in [3.63, 3.8) is 0 Å². The molecule has 0 spiro atoms. The fourth-order valence-electron chi connectivity index (χ4n) is 3.76. The lowest BCUT2D eigenvalue weighted by Gasteiger charge is -2.28. The molecule has 1 aliphatic heterocycles. The number of anilines is 1. The minimum atomic E-state index is -3.76. The highest BCUT2D eigenvalue weighted by Gasteiger charge is 2.28. The van der Waals surface area contributed by atoms with Crippen LogP contribution >= 0.6 is 0 Å². The molecule has 2 fully saturated rings. The number of hydrogen-bond donors (Lipinski definition) is 0. The minimum absolute atomic E-state index is 0.158. The predicted molar refractivity (Wildman–Crippen MR) is 115 cm³/mol. The van der Waals surface area contributed by atoms with E-state index in [9.17, 15) is 8.42 Å². The smallest absolute Gasteiger partial charge is 0.251 e. The number of methoxy groups -OCH3 is 1. The molecule has 31 heavy (non-hydrogen) atoms. The molecule has 0 N–H and O–H groups in total. The van der Waals surface area contributed by atoms with E-state index >= 15 is 0 Å². The largest absolute Gasteiger partial charge is 0.497 e. The average molecular weight is 444 g/mol. The number of fused-ring (bicyclic) bond motifs is 1. The van der Waals surface area contributed by atoms with Gasteiger partial charge in [-0.1, -0.05) is 12.1 Å². The molecule has 9 nitrogen and oxygen atoms in total. The SMILES string of the molecule is COc1ccc(CS(=O)(=O)c2nc(N3CCOCC3)c3ncn(CC4CC4)c3n2)cc1. The highest BCUT2D eigenvalue weighted by Crippen LogP contribution is 2.33. The number of rotatable bonds is 7. The first-order valence-corrected chi connectivity index (χ1v) is 12.1. The molecule has 5 rings (SSSR count). The van der Waals surface area contributed by atoms with Crippen molar-refractivity contribution in [2.24, 2.45) is 5.92 Å². The quantitative estimate of drug-likeness (QED) is 0.512. The van der Waals surface area contributed by atoms with Gasteiger partial charge in [-0.3, -0.25) is 0 Å². The van der Waals surface area contributed by atoms with Crippen LogP contribution in [0.1, 0.15) is 18.4 Å². The van der Waals surface area contributed by atoms with Gasteiger partial charge in [-0.25, -0.2) is 13.4 Å². The summed E-state index contributed by atoms with van der Waals surface area (Å²) in [6.07, 6.45) is 4.12. The molecule has 0 bridgehead atoms. The number of imidazole rings is 1. The predicted octanol–water partition coefficient (Wildman–Crippen LogP) is 2.06. The second kappa shape index (κ2) is 8.08. The molecular weight excluding hydrogens is 418 g/mol. The molecule has 1 aromatic carbocycles. The Morgan fingerprint density at radius 2 is 1.87 bits per heavy atom. The van der Waals surface area contributed by atoms with Gasteiger partial charge in [-0.15, -0.1) is 0 Å². The van der Waals surface area contributed by atoms with Crippen molar-refractivity contribution in [3.05, 3.63) is 36.2 Å². The van der Waals surface area contributed by atoms with Crippen LogP contribution < -0.4 is 9.64 Å². The molecule has 0 unspecified atom stereocenters. The Bertz CT molecular complexity index is 1180. The topological polar surface area (TPSA) is 99.4 Å². The fraction of sp³-hybridized carbons (Fsp3) is 0.476. The minimum Gasteiger partial charge on any atom is -0.497 e. The van der Waals surface area contributed by atoms with Crippen molar-refractivity contribution >= 4 is 26.8 Å². The van der Waals surface area contributed by atoms with Crippen molar-refractivity contribution in [2.75, 3.05) is 38.3 Å². The highest BCUT2D eigenvalue weighted by atomic mass is 32.2. The van der Waals surface area contributed by atoms with Crippen LogP contribution in [0.15, 0.2) is 35.7 Å². The molecule has 3 heterocycles. The summed E-state index contributed by atoms with van der Waals surface area (Å²) < 4.78 is 39.1. The number of aromatic nitrogens is 4.